The molecule has 0 N–H and O–H groups in total. The number of furan rings is 1. The molecule has 0 bridgehead atoms. The molecule has 3 nitrogen and oxygen atoms in total. The van der Waals surface area contributed by atoms with Crippen molar-refractivity contribution in [2.75, 3.05) is 12.5 Å². The summed E-state index contributed by atoms with van der Waals surface area (Å²) in [6.07, 6.45) is 0. The van der Waals surface area contributed by atoms with Gasteiger partial charge < -0.3 is 13.6 Å². The van der Waals surface area contributed by atoms with Gasteiger partial charge in [-0.1, -0.05) is 20.8 Å². The van der Waals surface area contributed by atoms with Crippen LogP contribution in [0, 0.1) is 0 Å². The van der Waals surface area contributed by atoms with Gasteiger partial charge >= 0.3 is 0 Å². The van der Waals surface area contributed by atoms with Crippen LogP contribution >= 0.6 is 27.5 Å². The van der Waals surface area contributed by atoms with Crippen LogP contribution < -0.4 is 9.16 Å². The van der Waals surface area contributed by atoms with E-state index in [-0.39, 0.29) is 5.41 Å². The molecule has 0 saturated carbocycles. The van der Waals surface area contributed by atoms with Crippen molar-refractivity contribution in [2.24, 2.45) is 0 Å². The van der Waals surface area contributed by atoms with Crippen LogP contribution in [-0.4, -0.2) is 21.5 Å². The predicted octanol–water partition coefficient (Wildman–Crippen LogP) is 5.47. The van der Waals surface area contributed by atoms with Gasteiger partial charge in [-0.05, 0) is 46.6 Å². The second kappa shape index (κ2) is 6.85. The van der Waals surface area contributed by atoms with Crippen molar-refractivity contribution in [3.8, 4) is 11.5 Å². The number of rotatable bonds is 5. The summed E-state index contributed by atoms with van der Waals surface area (Å²) in [5.74, 6) is 1.94. The molecule has 22 heavy (non-hydrogen) atoms. The van der Waals surface area contributed by atoms with Gasteiger partial charge in [-0.3, -0.25) is 0 Å². The highest BCUT2D eigenvalue weighted by Gasteiger charge is 2.28. The maximum absolute atomic E-state index is 6.04. The van der Waals surface area contributed by atoms with Gasteiger partial charge in [0, 0.05) is 5.56 Å². The molecule has 0 atom stereocenters. The van der Waals surface area contributed by atoms with Crippen LogP contribution in [0.15, 0.2) is 21.2 Å². The van der Waals surface area contributed by atoms with Crippen molar-refractivity contribution < 1.29 is 13.6 Å². The summed E-state index contributed by atoms with van der Waals surface area (Å²) in [5, 5.41) is 0.969. The summed E-state index contributed by atoms with van der Waals surface area (Å²) in [4.78, 5) is 0. The first kappa shape index (κ1) is 17.7. The summed E-state index contributed by atoms with van der Waals surface area (Å²) in [7, 11) is -1.25. The molecule has 6 heteroatoms. The highest BCUT2D eigenvalue weighted by atomic mass is 79.9. The van der Waals surface area contributed by atoms with Crippen LogP contribution in [-0.2, 0) is 5.41 Å². The Morgan fingerprint density at radius 1 is 1.27 bits per heavy atom. The average Bonchev–Trinajstić information content (AvgIpc) is 2.73. The standard InChI is InChI=1S/C16H22BrClO3Si/c1-16(2,3)13-12-10(20-15(13)17)6-7-11(21-22(4)5)14(12)19-9-8-18/h6-7,22H,8-9H2,1-5H3. The third-order valence-electron chi connectivity index (χ3n) is 3.17. The van der Waals surface area contributed by atoms with Crippen molar-refractivity contribution >= 4 is 47.5 Å². The summed E-state index contributed by atoms with van der Waals surface area (Å²) in [6.45, 7) is 11.1. The molecular formula is C16H22BrClO3Si. The molecule has 2 rings (SSSR count). The molecule has 0 saturated heterocycles. The molecule has 0 spiro atoms. The van der Waals surface area contributed by atoms with E-state index in [1.165, 1.54) is 0 Å². The number of fused-ring (bicyclic) bond motifs is 1. The fourth-order valence-electron chi connectivity index (χ4n) is 2.41. The Kier molecular flexibility index (Phi) is 5.51. The lowest BCUT2D eigenvalue weighted by Crippen LogP contribution is -2.14. The van der Waals surface area contributed by atoms with Crippen LogP contribution in [0.3, 0.4) is 0 Å². The molecule has 0 radical (unpaired) electrons. The van der Waals surface area contributed by atoms with Gasteiger partial charge in [-0.2, -0.15) is 0 Å². The van der Waals surface area contributed by atoms with Gasteiger partial charge in [-0.15, -0.1) is 11.6 Å². The van der Waals surface area contributed by atoms with Gasteiger partial charge in [0.15, 0.2) is 10.4 Å². The average molecular weight is 406 g/mol. The molecule has 0 amide bonds. The SMILES string of the molecule is C[SiH](C)Oc1ccc2oc(Br)c(C(C)(C)C)c2c1OCCCl. The predicted molar refractivity (Wildman–Crippen MR) is 98.3 cm³/mol. The molecule has 0 aliphatic carbocycles. The second-order valence-electron chi connectivity index (χ2n) is 6.47. The van der Waals surface area contributed by atoms with E-state index >= 15 is 0 Å². The maximum Gasteiger partial charge on any atom is 0.229 e. The molecule has 2 aromatic rings. The first-order valence-corrected chi connectivity index (χ1v) is 11.5. The zero-order chi connectivity index (χ0) is 16.5. The van der Waals surface area contributed by atoms with Gasteiger partial charge in [0.1, 0.15) is 17.9 Å². The number of hydrogen-bond acceptors (Lipinski definition) is 3. The van der Waals surface area contributed by atoms with E-state index < -0.39 is 9.04 Å². The van der Waals surface area contributed by atoms with Crippen LogP contribution in [0.5, 0.6) is 11.5 Å². The Bertz CT molecular complexity index is 661. The molecule has 0 unspecified atom stereocenters. The fourth-order valence-corrected chi connectivity index (χ4v) is 4.15. The highest BCUT2D eigenvalue weighted by Crippen LogP contribution is 2.46. The lowest BCUT2D eigenvalue weighted by molar-refractivity contribution is 0.334. The molecule has 1 aromatic heterocycles. The van der Waals surface area contributed by atoms with E-state index in [1.807, 2.05) is 12.1 Å². The number of alkyl halides is 1. The zero-order valence-electron chi connectivity index (χ0n) is 13.6. The third-order valence-corrected chi connectivity index (χ3v) is 4.60. The summed E-state index contributed by atoms with van der Waals surface area (Å²) in [6, 6.07) is 3.86. The second-order valence-corrected chi connectivity index (χ2v) is 9.90. The van der Waals surface area contributed by atoms with Gasteiger partial charge in [0.05, 0.1) is 11.3 Å². The Morgan fingerprint density at radius 2 is 1.95 bits per heavy atom. The third kappa shape index (κ3) is 3.63. The smallest absolute Gasteiger partial charge is 0.229 e. The number of benzene rings is 1. The fraction of sp³-hybridized carbons (Fsp3) is 0.500. The Labute approximate surface area is 146 Å². The Hall–Kier alpha value is -0.653. The first-order valence-electron chi connectivity index (χ1n) is 7.36. The molecule has 0 aliphatic rings. The molecule has 0 aliphatic heterocycles. The number of halogens is 2. The van der Waals surface area contributed by atoms with Crippen LogP contribution in [0.25, 0.3) is 11.0 Å². The van der Waals surface area contributed by atoms with E-state index in [9.17, 15) is 0 Å². The Balaban J connectivity index is 2.72. The number of hydrogen-bond donors (Lipinski definition) is 0. The summed E-state index contributed by atoms with van der Waals surface area (Å²) in [5.41, 5.74) is 1.79. The molecule has 0 fully saturated rings. The Morgan fingerprint density at radius 3 is 2.50 bits per heavy atom. The lowest BCUT2D eigenvalue weighted by Gasteiger charge is -2.20. The van der Waals surface area contributed by atoms with Crippen LogP contribution in [0.4, 0.5) is 0 Å². The van der Waals surface area contributed by atoms with Gasteiger partial charge in [-0.25, -0.2) is 0 Å². The minimum atomic E-state index is -1.25. The topological polar surface area (TPSA) is 31.6 Å². The lowest BCUT2D eigenvalue weighted by atomic mass is 9.86. The number of ether oxygens (including phenoxy) is 1. The highest BCUT2D eigenvalue weighted by molar-refractivity contribution is 9.10. The molecule has 122 valence electrons. The maximum atomic E-state index is 6.04. The van der Waals surface area contributed by atoms with E-state index in [0.717, 1.165) is 32.7 Å². The largest absolute Gasteiger partial charge is 0.544 e. The van der Waals surface area contributed by atoms with E-state index in [4.69, 9.17) is 25.2 Å². The monoisotopic (exact) mass is 404 g/mol. The van der Waals surface area contributed by atoms with Crippen molar-refractivity contribution in [3.05, 3.63) is 22.4 Å². The molecule has 1 heterocycles. The normalized spacial score (nSPS) is 12.2. The van der Waals surface area contributed by atoms with Gasteiger partial charge in [0.2, 0.25) is 9.04 Å². The van der Waals surface area contributed by atoms with E-state index in [1.54, 1.807) is 0 Å². The van der Waals surface area contributed by atoms with Crippen molar-refractivity contribution in [2.45, 2.75) is 39.3 Å². The van der Waals surface area contributed by atoms with Crippen molar-refractivity contribution in [1.29, 1.82) is 0 Å². The van der Waals surface area contributed by atoms with E-state index in [2.05, 4.69) is 49.8 Å². The van der Waals surface area contributed by atoms with E-state index in [0.29, 0.717) is 12.5 Å². The molecule has 1 aromatic carbocycles. The van der Waals surface area contributed by atoms with Crippen molar-refractivity contribution in [1.82, 2.24) is 0 Å². The van der Waals surface area contributed by atoms with Crippen LogP contribution in [0.2, 0.25) is 13.1 Å². The van der Waals surface area contributed by atoms with Crippen LogP contribution in [0.1, 0.15) is 26.3 Å². The minimum absolute atomic E-state index is 0.0863. The summed E-state index contributed by atoms with van der Waals surface area (Å²) < 4.78 is 18.6. The quantitative estimate of drug-likeness (QED) is 0.488. The first-order chi connectivity index (χ1) is 10.3. The van der Waals surface area contributed by atoms with Crippen molar-refractivity contribution in [3.63, 3.8) is 0 Å². The zero-order valence-corrected chi connectivity index (χ0v) is 17.1. The molecular weight excluding hydrogens is 384 g/mol. The minimum Gasteiger partial charge on any atom is -0.544 e. The summed E-state index contributed by atoms with van der Waals surface area (Å²) >= 11 is 9.35. The van der Waals surface area contributed by atoms with Gasteiger partial charge in [0.25, 0.3) is 0 Å².